The predicted octanol–water partition coefficient (Wildman–Crippen LogP) is 0.461. The number of pyridine rings is 1. The summed E-state index contributed by atoms with van der Waals surface area (Å²) in [6, 6.07) is 12.3. The molecule has 0 amide bonds. The van der Waals surface area contributed by atoms with E-state index in [9.17, 15) is 0 Å². The molecule has 1 aromatic carbocycles. The van der Waals surface area contributed by atoms with Gasteiger partial charge < -0.3 is 12.4 Å². The van der Waals surface area contributed by atoms with Crippen molar-refractivity contribution in [3.63, 3.8) is 0 Å². The number of halogens is 2. The molecular formula is C13H13Cl2NS. The number of nitrogens with zero attached hydrogens (tertiary/aromatic N) is 1. The summed E-state index contributed by atoms with van der Waals surface area (Å²) in [6.45, 7) is 0. The van der Waals surface area contributed by atoms with Gasteiger partial charge in [-0.25, -0.2) is 4.57 Å². The zero-order valence-corrected chi connectivity index (χ0v) is 11.8. The third-order valence-corrected chi connectivity index (χ3v) is 3.60. The number of hydrogen-bond donors (Lipinski definition) is 0. The minimum atomic E-state index is 0. The van der Waals surface area contributed by atoms with Gasteiger partial charge in [0.2, 0.25) is 0 Å². The average Bonchev–Trinajstić information content (AvgIpc) is 2.30. The third-order valence-electron chi connectivity index (χ3n) is 2.27. The van der Waals surface area contributed by atoms with Crippen molar-refractivity contribution in [2.45, 2.75) is 10.6 Å². The van der Waals surface area contributed by atoms with Gasteiger partial charge in [0.15, 0.2) is 12.4 Å². The summed E-state index contributed by atoms with van der Waals surface area (Å²) in [5, 5.41) is 0.792. The molecular weight excluding hydrogens is 273 g/mol. The van der Waals surface area contributed by atoms with Crippen molar-refractivity contribution in [3.8, 4) is 0 Å². The Morgan fingerprint density at radius 3 is 2.24 bits per heavy atom. The Kier molecular flexibility index (Phi) is 5.83. The minimum Gasteiger partial charge on any atom is -1.00 e. The fourth-order valence-corrected chi connectivity index (χ4v) is 2.30. The highest BCUT2D eigenvalue weighted by atomic mass is 35.5. The van der Waals surface area contributed by atoms with E-state index in [0.29, 0.717) is 0 Å². The summed E-state index contributed by atoms with van der Waals surface area (Å²) in [5.74, 6) is 0.977. The van der Waals surface area contributed by atoms with Crippen molar-refractivity contribution in [2.24, 2.45) is 7.05 Å². The van der Waals surface area contributed by atoms with E-state index in [4.69, 9.17) is 11.6 Å². The van der Waals surface area contributed by atoms with Gasteiger partial charge in [0, 0.05) is 27.8 Å². The number of hydrogen-bond acceptors (Lipinski definition) is 1. The van der Waals surface area contributed by atoms with Crippen LogP contribution in [0.2, 0.25) is 5.02 Å². The van der Waals surface area contributed by atoms with Crippen molar-refractivity contribution in [3.05, 3.63) is 59.4 Å². The first-order valence-corrected chi connectivity index (χ1v) is 6.43. The number of rotatable bonds is 3. The average molecular weight is 286 g/mol. The second-order valence-corrected chi connectivity index (χ2v) is 5.10. The fourth-order valence-electron chi connectivity index (χ4n) is 1.33. The van der Waals surface area contributed by atoms with Crippen LogP contribution in [0.15, 0.2) is 53.7 Å². The number of thioether (sulfide) groups is 1. The van der Waals surface area contributed by atoms with Crippen LogP contribution in [0.5, 0.6) is 0 Å². The summed E-state index contributed by atoms with van der Waals surface area (Å²) >= 11 is 7.67. The van der Waals surface area contributed by atoms with E-state index >= 15 is 0 Å². The van der Waals surface area contributed by atoms with Crippen LogP contribution in [0.3, 0.4) is 0 Å². The molecule has 1 nitrogen and oxygen atoms in total. The van der Waals surface area contributed by atoms with Gasteiger partial charge in [-0.05, 0) is 17.7 Å². The molecule has 0 atom stereocenters. The maximum Gasteiger partial charge on any atom is 0.169 e. The largest absolute Gasteiger partial charge is 1.00 e. The standard InChI is InChI=1S/C13H13ClNS.ClH/c1-15-8-6-13(7-9-15)16-10-11-2-4-12(14)5-3-11;/h2-9H,10H2,1H3;1H/q+1;/p-1. The third kappa shape index (κ3) is 4.58. The van der Waals surface area contributed by atoms with Crippen molar-refractivity contribution < 1.29 is 17.0 Å². The van der Waals surface area contributed by atoms with Crippen LogP contribution in [0.1, 0.15) is 5.56 Å². The Morgan fingerprint density at radius 1 is 1.06 bits per heavy atom. The van der Waals surface area contributed by atoms with Gasteiger partial charge in [0.1, 0.15) is 7.05 Å². The molecule has 0 saturated carbocycles. The molecule has 0 radical (unpaired) electrons. The monoisotopic (exact) mass is 285 g/mol. The molecule has 0 unspecified atom stereocenters. The van der Waals surface area contributed by atoms with E-state index in [1.807, 2.05) is 35.5 Å². The SMILES string of the molecule is C[n+]1ccc(SCc2ccc(Cl)cc2)cc1.[Cl-]. The van der Waals surface area contributed by atoms with Crippen LogP contribution >= 0.6 is 23.4 Å². The Bertz CT molecular complexity index is 408. The molecule has 1 aromatic heterocycles. The Labute approximate surface area is 117 Å². The van der Waals surface area contributed by atoms with E-state index in [0.717, 1.165) is 10.8 Å². The highest BCUT2D eigenvalue weighted by Crippen LogP contribution is 2.22. The molecule has 0 aliphatic rings. The summed E-state index contributed by atoms with van der Waals surface area (Å²) < 4.78 is 2.03. The van der Waals surface area contributed by atoms with Gasteiger partial charge in [-0.3, -0.25) is 0 Å². The van der Waals surface area contributed by atoms with Crippen LogP contribution in [0.4, 0.5) is 0 Å². The first-order chi connectivity index (χ1) is 7.74. The molecule has 1 heterocycles. The lowest BCUT2D eigenvalue weighted by Gasteiger charge is -2.01. The highest BCUT2D eigenvalue weighted by molar-refractivity contribution is 7.98. The molecule has 0 saturated heterocycles. The lowest BCUT2D eigenvalue weighted by molar-refractivity contribution is -0.671. The normalized spacial score (nSPS) is 9.76. The number of aryl methyl sites for hydroxylation is 1. The minimum absolute atomic E-state index is 0. The Hall–Kier alpha value is -0.700. The Balaban J connectivity index is 0.00000144. The lowest BCUT2D eigenvalue weighted by Crippen LogP contribution is -3.00. The van der Waals surface area contributed by atoms with Crippen molar-refractivity contribution in [1.29, 1.82) is 0 Å². The topological polar surface area (TPSA) is 3.88 Å². The van der Waals surface area contributed by atoms with Crippen LogP contribution in [0.25, 0.3) is 0 Å². The maximum atomic E-state index is 5.84. The van der Waals surface area contributed by atoms with Gasteiger partial charge in [-0.15, -0.1) is 11.8 Å². The van der Waals surface area contributed by atoms with Gasteiger partial charge in [0.05, 0.1) is 0 Å². The molecule has 2 aromatic rings. The molecule has 17 heavy (non-hydrogen) atoms. The number of benzene rings is 1. The smallest absolute Gasteiger partial charge is 0.169 e. The van der Waals surface area contributed by atoms with E-state index in [1.54, 1.807) is 0 Å². The van der Waals surface area contributed by atoms with Crippen LogP contribution in [-0.2, 0) is 12.8 Å². The molecule has 4 heteroatoms. The second kappa shape index (κ2) is 6.90. The highest BCUT2D eigenvalue weighted by Gasteiger charge is 1.98. The van der Waals surface area contributed by atoms with Crippen LogP contribution in [0, 0.1) is 0 Å². The lowest BCUT2D eigenvalue weighted by atomic mass is 10.2. The predicted molar refractivity (Wildman–Crippen MR) is 68.6 cm³/mol. The van der Waals surface area contributed by atoms with Gasteiger partial charge in [-0.2, -0.15) is 0 Å². The van der Waals surface area contributed by atoms with E-state index in [-0.39, 0.29) is 12.4 Å². The molecule has 0 N–H and O–H groups in total. The summed E-state index contributed by atoms with van der Waals surface area (Å²) in [7, 11) is 2.02. The first-order valence-electron chi connectivity index (χ1n) is 5.06. The fraction of sp³-hybridized carbons (Fsp3) is 0.154. The van der Waals surface area contributed by atoms with Gasteiger partial charge >= 0.3 is 0 Å². The zero-order chi connectivity index (χ0) is 11.4. The summed E-state index contributed by atoms with van der Waals surface area (Å²) in [4.78, 5) is 1.29. The van der Waals surface area contributed by atoms with Crippen LogP contribution in [-0.4, -0.2) is 0 Å². The van der Waals surface area contributed by atoms with Crippen molar-refractivity contribution in [2.75, 3.05) is 0 Å². The zero-order valence-electron chi connectivity index (χ0n) is 9.44. The molecule has 0 aliphatic carbocycles. The first kappa shape index (κ1) is 14.4. The number of aromatic nitrogens is 1. The molecule has 0 bridgehead atoms. The van der Waals surface area contributed by atoms with Gasteiger partial charge in [0.25, 0.3) is 0 Å². The molecule has 90 valence electrons. The summed E-state index contributed by atoms with van der Waals surface area (Å²) in [5.41, 5.74) is 1.29. The van der Waals surface area contributed by atoms with E-state index in [2.05, 4.69) is 36.7 Å². The van der Waals surface area contributed by atoms with E-state index in [1.165, 1.54) is 10.5 Å². The second-order valence-electron chi connectivity index (χ2n) is 3.61. The molecule has 0 spiro atoms. The summed E-state index contributed by atoms with van der Waals surface area (Å²) in [6.07, 6.45) is 4.12. The Morgan fingerprint density at radius 2 is 1.65 bits per heavy atom. The van der Waals surface area contributed by atoms with Crippen molar-refractivity contribution in [1.82, 2.24) is 0 Å². The quantitative estimate of drug-likeness (QED) is 0.586. The maximum absolute atomic E-state index is 5.84. The van der Waals surface area contributed by atoms with E-state index < -0.39 is 0 Å². The van der Waals surface area contributed by atoms with Crippen molar-refractivity contribution >= 4 is 23.4 Å². The molecule has 0 fully saturated rings. The molecule has 0 aliphatic heterocycles. The van der Waals surface area contributed by atoms with Crippen LogP contribution < -0.4 is 17.0 Å². The molecule has 2 rings (SSSR count). The van der Waals surface area contributed by atoms with Gasteiger partial charge in [-0.1, -0.05) is 23.7 Å².